The van der Waals surface area contributed by atoms with Crippen LogP contribution in [0.2, 0.25) is 0 Å². The summed E-state index contributed by atoms with van der Waals surface area (Å²) in [7, 11) is 0. The van der Waals surface area contributed by atoms with E-state index in [1.54, 1.807) is 17.2 Å². The topological polar surface area (TPSA) is 84.2 Å². The number of rotatable bonds is 3. The minimum absolute atomic E-state index is 0. The van der Waals surface area contributed by atoms with Crippen LogP contribution in [0.4, 0.5) is 11.6 Å². The summed E-state index contributed by atoms with van der Waals surface area (Å²) in [5.41, 5.74) is 4.74. The standard InChI is InChI=1S/C16H20N8O.Na/c1-5-25-6-2-16(1)10-22(11-16)14-7-15(18-12-17-14)24-9-13(8-20-24)23-4-3-19-21-23;/h3-4,7,9,12,20H,1-2,5-6,8,10-11H2;. The first kappa shape index (κ1) is 17.9. The van der Waals surface area contributed by atoms with Gasteiger partial charge in [0.05, 0.1) is 24.6 Å². The molecular weight excluding hydrogens is 343 g/mol. The van der Waals surface area contributed by atoms with Crippen molar-refractivity contribution >= 4 is 46.9 Å². The van der Waals surface area contributed by atoms with Gasteiger partial charge in [-0.15, -0.1) is 5.10 Å². The van der Waals surface area contributed by atoms with Gasteiger partial charge in [0, 0.05) is 73.5 Å². The molecule has 5 rings (SSSR count). The van der Waals surface area contributed by atoms with Crippen LogP contribution in [0, 0.1) is 5.41 Å². The fourth-order valence-electron chi connectivity index (χ4n) is 3.74. The molecule has 131 valence electrons. The molecule has 0 bridgehead atoms. The van der Waals surface area contributed by atoms with Gasteiger partial charge in [-0.3, -0.25) is 5.01 Å². The van der Waals surface area contributed by atoms with E-state index < -0.39 is 0 Å². The zero-order valence-corrected chi connectivity index (χ0v) is 16.9. The summed E-state index contributed by atoms with van der Waals surface area (Å²) in [5.74, 6) is 1.81. The maximum atomic E-state index is 5.49. The van der Waals surface area contributed by atoms with E-state index in [1.165, 1.54) is 0 Å². The molecule has 3 aliphatic heterocycles. The fourth-order valence-corrected chi connectivity index (χ4v) is 3.74. The van der Waals surface area contributed by atoms with Gasteiger partial charge in [-0.1, -0.05) is 5.21 Å². The first-order chi connectivity index (χ1) is 12.3. The Morgan fingerprint density at radius 1 is 1.12 bits per heavy atom. The van der Waals surface area contributed by atoms with E-state index in [9.17, 15) is 0 Å². The van der Waals surface area contributed by atoms with Gasteiger partial charge < -0.3 is 9.64 Å². The predicted molar refractivity (Wildman–Crippen MR) is 97.3 cm³/mol. The molecule has 0 unspecified atom stereocenters. The van der Waals surface area contributed by atoms with Gasteiger partial charge in [-0.2, -0.15) is 0 Å². The third-order valence-corrected chi connectivity index (χ3v) is 5.24. The van der Waals surface area contributed by atoms with Crippen molar-refractivity contribution in [2.24, 2.45) is 5.41 Å². The molecule has 2 saturated heterocycles. The number of nitrogens with one attached hydrogen (secondary N) is 1. The van der Waals surface area contributed by atoms with Crippen LogP contribution in [0.5, 0.6) is 0 Å². The minimum Gasteiger partial charge on any atom is -0.381 e. The van der Waals surface area contributed by atoms with Crippen molar-refractivity contribution < 1.29 is 4.74 Å². The molecule has 0 saturated carbocycles. The molecule has 2 aromatic rings. The smallest absolute Gasteiger partial charge is 0.152 e. The Kier molecular flexibility index (Phi) is 4.98. The SMILES string of the molecule is C1=C(n2ccnn2)CNN1c1cc(N2CC3(CCOCC3)C2)ncn1.[Na]. The van der Waals surface area contributed by atoms with Gasteiger partial charge in [0.1, 0.15) is 12.1 Å². The maximum Gasteiger partial charge on any atom is 0.152 e. The van der Waals surface area contributed by atoms with Crippen molar-refractivity contribution in [3.05, 3.63) is 31.0 Å². The van der Waals surface area contributed by atoms with Crippen LogP contribution in [0.3, 0.4) is 0 Å². The van der Waals surface area contributed by atoms with Crippen LogP contribution in [-0.4, -0.2) is 87.4 Å². The van der Waals surface area contributed by atoms with E-state index in [-0.39, 0.29) is 29.6 Å². The zero-order valence-electron chi connectivity index (χ0n) is 14.9. The molecule has 2 aromatic heterocycles. The third-order valence-electron chi connectivity index (χ3n) is 5.24. The zero-order chi connectivity index (χ0) is 16.7. The summed E-state index contributed by atoms with van der Waals surface area (Å²) in [6, 6.07) is 2.03. The molecule has 5 heterocycles. The van der Waals surface area contributed by atoms with Crippen LogP contribution in [0.25, 0.3) is 5.70 Å². The van der Waals surface area contributed by atoms with Gasteiger partial charge in [-0.25, -0.2) is 20.1 Å². The number of aromatic nitrogens is 5. The second-order valence-corrected chi connectivity index (χ2v) is 6.88. The summed E-state index contributed by atoms with van der Waals surface area (Å²) in [5, 5.41) is 9.78. The average Bonchev–Trinajstić information content (AvgIpc) is 3.32. The molecule has 1 radical (unpaired) electrons. The van der Waals surface area contributed by atoms with Crippen LogP contribution < -0.4 is 15.3 Å². The number of hydrogen-bond donors (Lipinski definition) is 1. The van der Waals surface area contributed by atoms with E-state index >= 15 is 0 Å². The molecule has 2 fully saturated rings. The van der Waals surface area contributed by atoms with Crippen LogP contribution >= 0.6 is 0 Å². The Morgan fingerprint density at radius 3 is 2.69 bits per heavy atom. The van der Waals surface area contributed by atoms with Gasteiger partial charge in [0.15, 0.2) is 5.82 Å². The molecule has 0 aliphatic carbocycles. The van der Waals surface area contributed by atoms with Gasteiger partial charge in [-0.05, 0) is 12.8 Å². The first-order valence-corrected chi connectivity index (χ1v) is 8.56. The first-order valence-electron chi connectivity index (χ1n) is 8.56. The van der Waals surface area contributed by atoms with E-state index in [2.05, 4.69) is 30.6 Å². The van der Waals surface area contributed by atoms with Crippen molar-refractivity contribution in [2.45, 2.75) is 12.8 Å². The van der Waals surface area contributed by atoms with Crippen LogP contribution in [0.1, 0.15) is 12.8 Å². The molecule has 26 heavy (non-hydrogen) atoms. The Balaban J connectivity index is 0.00000168. The average molecular weight is 363 g/mol. The summed E-state index contributed by atoms with van der Waals surface area (Å²) < 4.78 is 7.24. The number of ether oxygens (including phenoxy) is 1. The Bertz CT molecular complexity index is 781. The summed E-state index contributed by atoms with van der Waals surface area (Å²) in [6.07, 6.45) is 9.41. The van der Waals surface area contributed by atoms with E-state index in [0.717, 1.165) is 56.5 Å². The second-order valence-electron chi connectivity index (χ2n) is 6.88. The Hall–Kier alpha value is -1.52. The Morgan fingerprint density at radius 2 is 1.92 bits per heavy atom. The monoisotopic (exact) mass is 363 g/mol. The van der Waals surface area contributed by atoms with Crippen molar-refractivity contribution in [1.29, 1.82) is 0 Å². The predicted octanol–water partition coefficient (Wildman–Crippen LogP) is 0.127. The molecular formula is C16H20N8NaO. The number of hydrogen-bond acceptors (Lipinski definition) is 8. The van der Waals surface area contributed by atoms with Crippen molar-refractivity contribution in [1.82, 2.24) is 30.4 Å². The Labute approximate surface area is 173 Å². The minimum atomic E-state index is 0. The number of anilines is 2. The largest absolute Gasteiger partial charge is 0.381 e. The quantitative estimate of drug-likeness (QED) is 0.771. The summed E-state index contributed by atoms with van der Waals surface area (Å²) in [4.78, 5) is 11.2. The van der Waals surface area contributed by atoms with Crippen molar-refractivity contribution in [3.63, 3.8) is 0 Å². The van der Waals surface area contributed by atoms with E-state index in [4.69, 9.17) is 4.74 Å². The van der Waals surface area contributed by atoms with E-state index in [1.807, 2.05) is 23.5 Å². The molecule has 0 atom stereocenters. The van der Waals surface area contributed by atoms with Gasteiger partial charge >= 0.3 is 0 Å². The molecule has 0 aromatic carbocycles. The van der Waals surface area contributed by atoms with Crippen LogP contribution in [0.15, 0.2) is 31.0 Å². The van der Waals surface area contributed by atoms with Gasteiger partial charge in [0.2, 0.25) is 0 Å². The molecule has 0 amide bonds. The molecule has 9 nitrogen and oxygen atoms in total. The molecule has 1 N–H and O–H groups in total. The number of hydrazine groups is 1. The maximum absolute atomic E-state index is 5.49. The summed E-state index contributed by atoms with van der Waals surface area (Å²) in [6.45, 7) is 4.56. The van der Waals surface area contributed by atoms with E-state index in [0.29, 0.717) is 12.0 Å². The molecule has 1 spiro atoms. The van der Waals surface area contributed by atoms with Gasteiger partial charge in [0.25, 0.3) is 0 Å². The molecule has 3 aliphatic rings. The number of nitrogens with zero attached hydrogens (tertiary/aromatic N) is 7. The fraction of sp³-hybridized carbons (Fsp3) is 0.500. The van der Waals surface area contributed by atoms with Crippen molar-refractivity contribution in [2.75, 3.05) is 42.8 Å². The third kappa shape index (κ3) is 3.25. The van der Waals surface area contributed by atoms with Crippen LogP contribution in [-0.2, 0) is 4.74 Å². The summed E-state index contributed by atoms with van der Waals surface area (Å²) >= 11 is 0. The second kappa shape index (κ2) is 7.24. The molecule has 10 heteroatoms. The normalized spacial score (nSPS) is 21.3. The van der Waals surface area contributed by atoms with Crippen molar-refractivity contribution in [3.8, 4) is 0 Å².